The second-order valence-corrected chi connectivity index (χ2v) is 5.13. The average Bonchev–Trinajstić information content (AvgIpc) is 2.83. The molecule has 21 heavy (non-hydrogen) atoms. The smallest absolute Gasteiger partial charge is 0.263 e. The summed E-state index contributed by atoms with van der Waals surface area (Å²) in [4.78, 5) is 12.8. The molecule has 0 unspecified atom stereocenters. The number of aryl methyl sites for hydroxylation is 3. The highest BCUT2D eigenvalue weighted by atomic mass is 16.3. The first-order valence-electron chi connectivity index (χ1n) is 6.89. The van der Waals surface area contributed by atoms with E-state index >= 15 is 0 Å². The van der Waals surface area contributed by atoms with Crippen molar-refractivity contribution in [1.82, 2.24) is 14.3 Å². The summed E-state index contributed by atoms with van der Waals surface area (Å²) in [5.74, 6) is 0.00194. The molecule has 0 saturated heterocycles. The number of hydrogen-bond donors (Lipinski definition) is 1. The summed E-state index contributed by atoms with van der Waals surface area (Å²) in [6, 6.07) is 7.56. The highest BCUT2D eigenvalue weighted by molar-refractivity contribution is 5.90. The number of aromatic nitrogens is 3. The minimum Gasteiger partial charge on any atom is -0.506 e. The molecule has 3 rings (SSSR count). The Morgan fingerprint density at radius 3 is 2.67 bits per heavy atom. The molecule has 108 valence electrons. The van der Waals surface area contributed by atoms with Crippen LogP contribution in [0.25, 0.3) is 22.2 Å². The van der Waals surface area contributed by atoms with Gasteiger partial charge in [0.25, 0.3) is 5.56 Å². The SMILES string of the molecule is CCn1c(=O)c(-c2ccccc2C)c(O)c2cn(C)nc21. The Labute approximate surface area is 122 Å². The maximum Gasteiger partial charge on any atom is 0.263 e. The van der Waals surface area contributed by atoms with E-state index in [0.29, 0.717) is 23.1 Å². The van der Waals surface area contributed by atoms with Crippen LogP contribution in [0.2, 0.25) is 0 Å². The van der Waals surface area contributed by atoms with E-state index in [2.05, 4.69) is 5.10 Å². The van der Waals surface area contributed by atoms with Gasteiger partial charge in [0.05, 0.1) is 10.9 Å². The monoisotopic (exact) mass is 283 g/mol. The fourth-order valence-corrected chi connectivity index (χ4v) is 2.70. The van der Waals surface area contributed by atoms with Crippen LogP contribution in [-0.2, 0) is 13.6 Å². The fraction of sp³-hybridized carbons (Fsp3) is 0.250. The number of aromatic hydroxyl groups is 1. The average molecular weight is 283 g/mol. The normalized spacial score (nSPS) is 11.2. The number of benzene rings is 1. The van der Waals surface area contributed by atoms with Crippen LogP contribution >= 0.6 is 0 Å². The summed E-state index contributed by atoms with van der Waals surface area (Å²) < 4.78 is 3.20. The van der Waals surface area contributed by atoms with E-state index in [1.165, 1.54) is 0 Å². The Kier molecular flexibility index (Phi) is 3.05. The molecule has 0 fully saturated rings. The van der Waals surface area contributed by atoms with Gasteiger partial charge in [0.15, 0.2) is 5.65 Å². The first-order valence-corrected chi connectivity index (χ1v) is 6.89. The molecular formula is C16H17N3O2. The van der Waals surface area contributed by atoms with Gasteiger partial charge in [-0.1, -0.05) is 24.3 Å². The number of hydrogen-bond acceptors (Lipinski definition) is 3. The second kappa shape index (κ2) is 4.77. The van der Waals surface area contributed by atoms with Gasteiger partial charge in [-0.05, 0) is 25.0 Å². The van der Waals surface area contributed by atoms with Crippen molar-refractivity contribution in [2.45, 2.75) is 20.4 Å². The summed E-state index contributed by atoms with van der Waals surface area (Å²) >= 11 is 0. The molecule has 2 heterocycles. The van der Waals surface area contributed by atoms with Gasteiger partial charge in [-0.15, -0.1) is 0 Å². The van der Waals surface area contributed by atoms with Crippen LogP contribution in [0, 0.1) is 6.92 Å². The predicted octanol–water partition coefficient (Wildman–Crippen LogP) is 2.44. The molecule has 1 N–H and O–H groups in total. The van der Waals surface area contributed by atoms with E-state index in [4.69, 9.17) is 0 Å². The molecule has 0 radical (unpaired) electrons. The van der Waals surface area contributed by atoms with Gasteiger partial charge in [0.2, 0.25) is 0 Å². The maximum atomic E-state index is 12.8. The lowest BCUT2D eigenvalue weighted by Crippen LogP contribution is -2.22. The Hall–Kier alpha value is -2.56. The van der Waals surface area contributed by atoms with Crippen molar-refractivity contribution >= 4 is 11.0 Å². The lowest BCUT2D eigenvalue weighted by molar-refractivity contribution is 0.481. The third-order valence-corrected chi connectivity index (χ3v) is 3.75. The van der Waals surface area contributed by atoms with Crippen molar-refractivity contribution in [2.24, 2.45) is 7.05 Å². The van der Waals surface area contributed by atoms with E-state index in [-0.39, 0.29) is 11.3 Å². The highest BCUT2D eigenvalue weighted by Crippen LogP contribution is 2.33. The quantitative estimate of drug-likeness (QED) is 0.785. The van der Waals surface area contributed by atoms with Crippen LogP contribution in [0.1, 0.15) is 12.5 Å². The van der Waals surface area contributed by atoms with Crippen LogP contribution in [-0.4, -0.2) is 19.5 Å². The number of fused-ring (bicyclic) bond motifs is 1. The van der Waals surface area contributed by atoms with Crippen LogP contribution in [0.3, 0.4) is 0 Å². The Balaban J connectivity index is 2.49. The van der Waals surface area contributed by atoms with E-state index in [1.807, 2.05) is 38.1 Å². The molecule has 0 atom stereocenters. The van der Waals surface area contributed by atoms with E-state index in [0.717, 1.165) is 11.1 Å². The third kappa shape index (κ3) is 1.93. The zero-order valence-electron chi connectivity index (χ0n) is 12.3. The maximum absolute atomic E-state index is 12.8. The summed E-state index contributed by atoms with van der Waals surface area (Å²) in [5, 5.41) is 15.5. The van der Waals surface area contributed by atoms with E-state index < -0.39 is 0 Å². The molecule has 0 spiro atoms. The molecule has 0 aliphatic rings. The Bertz CT molecular complexity index is 890. The summed E-state index contributed by atoms with van der Waals surface area (Å²) in [6.45, 7) is 4.33. The summed E-state index contributed by atoms with van der Waals surface area (Å²) in [5.41, 5.74) is 2.36. The van der Waals surface area contributed by atoms with Gasteiger partial charge in [0, 0.05) is 19.8 Å². The molecule has 5 heteroatoms. The molecule has 0 bridgehead atoms. The van der Waals surface area contributed by atoms with Crippen LogP contribution in [0.4, 0.5) is 0 Å². The highest BCUT2D eigenvalue weighted by Gasteiger charge is 2.20. The van der Waals surface area contributed by atoms with Gasteiger partial charge in [-0.25, -0.2) is 0 Å². The van der Waals surface area contributed by atoms with E-state index in [9.17, 15) is 9.90 Å². The van der Waals surface area contributed by atoms with E-state index in [1.54, 1.807) is 22.5 Å². The van der Waals surface area contributed by atoms with Gasteiger partial charge >= 0.3 is 0 Å². The Morgan fingerprint density at radius 2 is 2.00 bits per heavy atom. The molecule has 1 aromatic carbocycles. The molecule has 0 saturated carbocycles. The number of pyridine rings is 1. The first-order chi connectivity index (χ1) is 10.0. The van der Waals surface area contributed by atoms with Gasteiger partial charge in [-0.3, -0.25) is 14.0 Å². The predicted molar refractivity (Wildman–Crippen MR) is 82.5 cm³/mol. The lowest BCUT2D eigenvalue weighted by Gasteiger charge is -2.11. The molecule has 3 aromatic rings. The molecule has 2 aromatic heterocycles. The van der Waals surface area contributed by atoms with Crippen molar-refractivity contribution in [3.05, 3.63) is 46.4 Å². The zero-order valence-corrected chi connectivity index (χ0v) is 12.3. The lowest BCUT2D eigenvalue weighted by atomic mass is 10.00. The first kappa shape index (κ1) is 13.4. The number of rotatable bonds is 2. The fourth-order valence-electron chi connectivity index (χ4n) is 2.70. The Morgan fingerprint density at radius 1 is 1.29 bits per heavy atom. The third-order valence-electron chi connectivity index (χ3n) is 3.75. The topological polar surface area (TPSA) is 60.1 Å². The van der Waals surface area contributed by atoms with Crippen molar-refractivity contribution in [3.63, 3.8) is 0 Å². The summed E-state index contributed by atoms with van der Waals surface area (Å²) in [6.07, 6.45) is 1.73. The standard InChI is InChI=1S/C16H17N3O2/c1-4-19-15-12(9-18(3)17-15)14(20)13(16(19)21)11-8-6-5-7-10(11)2/h5-9,20H,4H2,1-3H3. The van der Waals surface area contributed by atoms with Crippen LogP contribution < -0.4 is 5.56 Å². The van der Waals surface area contributed by atoms with Crippen LogP contribution in [0.5, 0.6) is 5.75 Å². The van der Waals surface area contributed by atoms with Crippen molar-refractivity contribution in [2.75, 3.05) is 0 Å². The largest absolute Gasteiger partial charge is 0.506 e. The minimum atomic E-state index is -0.213. The van der Waals surface area contributed by atoms with Gasteiger partial charge in [-0.2, -0.15) is 5.10 Å². The van der Waals surface area contributed by atoms with Crippen LogP contribution in [0.15, 0.2) is 35.3 Å². The molecule has 0 amide bonds. The number of nitrogens with zero attached hydrogens (tertiary/aromatic N) is 3. The van der Waals surface area contributed by atoms with Crippen molar-refractivity contribution in [3.8, 4) is 16.9 Å². The zero-order chi connectivity index (χ0) is 15.1. The van der Waals surface area contributed by atoms with Crippen molar-refractivity contribution in [1.29, 1.82) is 0 Å². The molecular weight excluding hydrogens is 266 g/mol. The molecule has 0 aliphatic heterocycles. The molecule has 5 nitrogen and oxygen atoms in total. The molecule has 0 aliphatic carbocycles. The van der Waals surface area contributed by atoms with Gasteiger partial charge < -0.3 is 5.11 Å². The van der Waals surface area contributed by atoms with Crippen molar-refractivity contribution < 1.29 is 5.11 Å². The summed E-state index contributed by atoms with van der Waals surface area (Å²) in [7, 11) is 1.78. The van der Waals surface area contributed by atoms with Gasteiger partial charge in [0.1, 0.15) is 5.75 Å². The minimum absolute atomic E-state index is 0.00194. The second-order valence-electron chi connectivity index (χ2n) is 5.13.